The summed E-state index contributed by atoms with van der Waals surface area (Å²) in [6, 6.07) is 9.81. The van der Waals surface area contributed by atoms with Crippen LogP contribution in [0, 0.1) is 11.3 Å². The molecule has 0 saturated carbocycles. The number of benzene rings is 1. The van der Waals surface area contributed by atoms with Crippen molar-refractivity contribution >= 4 is 46.2 Å². The molecule has 172 valence electrons. The van der Waals surface area contributed by atoms with Crippen LogP contribution in [-0.4, -0.2) is 59.1 Å². The van der Waals surface area contributed by atoms with Crippen molar-refractivity contribution in [2.24, 2.45) is 0 Å². The zero-order valence-electron chi connectivity index (χ0n) is 18.6. The average molecular weight is 485 g/mol. The van der Waals surface area contributed by atoms with Crippen LogP contribution in [-0.2, 0) is 16.0 Å². The maximum Gasteiger partial charge on any atom is 0.266 e. The van der Waals surface area contributed by atoms with Crippen molar-refractivity contribution in [1.29, 1.82) is 5.26 Å². The first kappa shape index (κ1) is 23.3. The Labute approximate surface area is 202 Å². The lowest BCUT2D eigenvalue weighted by Crippen LogP contribution is -2.45. The predicted octanol–water partition coefficient (Wildman–Crippen LogP) is 3.61. The first-order valence-electron chi connectivity index (χ1n) is 10.6. The quantitative estimate of drug-likeness (QED) is 0.450. The molecule has 8 nitrogen and oxygen atoms in total. The SMILES string of the molecule is COc1ccc(CCN2C(=O)/C(=C\c3nc(C#N)c(N4C[C@@H](C)O[C@H](C)C4)o3)SC2=S)cc1. The van der Waals surface area contributed by atoms with Crippen molar-refractivity contribution in [3.8, 4) is 11.8 Å². The number of thiocarbonyl (C=S) groups is 1. The van der Waals surface area contributed by atoms with E-state index in [0.717, 1.165) is 11.3 Å². The Morgan fingerprint density at radius 3 is 2.64 bits per heavy atom. The topological polar surface area (TPSA) is 91.8 Å². The fraction of sp³-hybridized carbons (Fsp3) is 0.391. The van der Waals surface area contributed by atoms with Gasteiger partial charge in [-0.25, -0.2) is 0 Å². The summed E-state index contributed by atoms with van der Waals surface area (Å²) in [5, 5.41) is 9.54. The zero-order valence-corrected chi connectivity index (χ0v) is 20.2. The summed E-state index contributed by atoms with van der Waals surface area (Å²) < 4.78 is 17.3. The van der Waals surface area contributed by atoms with Crippen molar-refractivity contribution in [3.05, 3.63) is 46.3 Å². The second kappa shape index (κ2) is 9.95. The van der Waals surface area contributed by atoms with E-state index in [4.69, 9.17) is 26.1 Å². The third-order valence-electron chi connectivity index (χ3n) is 5.35. The second-order valence-electron chi connectivity index (χ2n) is 7.91. The molecule has 2 saturated heterocycles. The molecule has 1 amide bonds. The Hall–Kier alpha value is -2.87. The molecule has 0 N–H and O–H groups in total. The molecule has 2 aromatic rings. The maximum absolute atomic E-state index is 13.0. The number of thioether (sulfide) groups is 1. The highest BCUT2D eigenvalue weighted by atomic mass is 32.2. The number of morpholine rings is 1. The third kappa shape index (κ3) is 5.21. The Kier molecular flexibility index (Phi) is 7.02. The molecule has 3 heterocycles. The number of rotatable bonds is 6. The Morgan fingerprint density at radius 1 is 1.30 bits per heavy atom. The van der Waals surface area contributed by atoms with Gasteiger partial charge in [-0.3, -0.25) is 9.69 Å². The average Bonchev–Trinajstić information content (AvgIpc) is 3.32. The highest BCUT2D eigenvalue weighted by molar-refractivity contribution is 8.26. The van der Waals surface area contributed by atoms with Crippen molar-refractivity contribution in [1.82, 2.24) is 9.88 Å². The number of carbonyl (C=O) groups is 1. The van der Waals surface area contributed by atoms with E-state index in [1.807, 2.05) is 43.0 Å². The van der Waals surface area contributed by atoms with E-state index in [1.54, 1.807) is 18.1 Å². The Balaban J connectivity index is 1.47. The summed E-state index contributed by atoms with van der Waals surface area (Å²) in [5.41, 5.74) is 1.27. The fourth-order valence-corrected chi connectivity index (χ4v) is 5.13. The van der Waals surface area contributed by atoms with E-state index >= 15 is 0 Å². The summed E-state index contributed by atoms with van der Waals surface area (Å²) in [6.45, 7) is 5.62. The maximum atomic E-state index is 13.0. The lowest BCUT2D eigenvalue weighted by molar-refractivity contribution is -0.122. The van der Waals surface area contributed by atoms with Gasteiger partial charge in [0, 0.05) is 25.7 Å². The predicted molar refractivity (Wildman–Crippen MR) is 130 cm³/mol. The monoisotopic (exact) mass is 484 g/mol. The number of nitrogens with zero attached hydrogens (tertiary/aromatic N) is 4. The van der Waals surface area contributed by atoms with Gasteiger partial charge in [0.05, 0.1) is 24.2 Å². The highest BCUT2D eigenvalue weighted by Gasteiger charge is 2.33. The van der Waals surface area contributed by atoms with Crippen LogP contribution < -0.4 is 9.64 Å². The van der Waals surface area contributed by atoms with Crippen LogP contribution in [0.2, 0.25) is 0 Å². The molecular formula is C23H24N4O4S2. The number of carbonyl (C=O) groups excluding carboxylic acids is 1. The van der Waals surface area contributed by atoms with Gasteiger partial charge in [-0.05, 0) is 38.0 Å². The van der Waals surface area contributed by atoms with E-state index in [0.29, 0.717) is 41.2 Å². The molecule has 4 rings (SSSR count). The smallest absolute Gasteiger partial charge is 0.266 e. The van der Waals surface area contributed by atoms with Gasteiger partial charge in [0.25, 0.3) is 5.91 Å². The van der Waals surface area contributed by atoms with Gasteiger partial charge in [-0.15, -0.1) is 0 Å². The third-order valence-corrected chi connectivity index (χ3v) is 6.73. The minimum Gasteiger partial charge on any atom is -0.497 e. The number of hydrogen-bond donors (Lipinski definition) is 0. The van der Waals surface area contributed by atoms with Gasteiger partial charge >= 0.3 is 0 Å². The molecule has 0 unspecified atom stereocenters. The number of aromatic nitrogens is 1. The van der Waals surface area contributed by atoms with Crippen molar-refractivity contribution in [2.75, 3.05) is 31.6 Å². The van der Waals surface area contributed by atoms with E-state index < -0.39 is 0 Å². The van der Waals surface area contributed by atoms with E-state index in [-0.39, 0.29) is 29.7 Å². The Bertz CT molecular complexity index is 1110. The largest absolute Gasteiger partial charge is 0.497 e. The molecule has 1 aromatic carbocycles. The molecule has 2 aliphatic rings. The Morgan fingerprint density at radius 2 is 2.00 bits per heavy atom. The second-order valence-corrected chi connectivity index (χ2v) is 9.59. The molecule has 0 bridgehead atoms. The van der Waals surface area contributed by atoms with E-state index in [9.17, 15) is 10.1 Å². The van der Waals surface area contributed by atoms with Crippen LogP contribution >= 0.6 is 24.0 Å². The number of nitriles is 1. The zero-order chi connectivity index (χ0) is 23.5. The summed E-state index contributed by atoms with van der Waals surface area (Å²) in [7, 11) is 1.62. The number of oxazole rings is 1. The minimum atomic E-state index is -0.189. The van der Waals surface area contributed by atoms with Crippen molar-refractivity contribution < 1.29 is 18.7 Å². The summed E-state index contributed by atoms with van der Waals surface area (Å²) in [4.78, 5) is 21.2. The molecule has 1 aromatic heterocycles. The number of hydrogen-bond acceptors (Lipinski definition) is 9. The number of ether oxygens (including phenoxy) is 2. The lowest BCUT2D eigenvalue weighted by Gasteiger charge is -2.34. The standard InChI is InChI=1S/C23H24N4O4S2/c1-14-12-26(13-15(2)30-14)22-18(11-24)25-20(31-22)10-19-21(28)27(23(32)33-19)9-8-16-4-6-17(29-3)7-5-16/h4-7,10,14-15H,8-9,12-13H2,1-3H3/b19-10+/t14-,15-/m1/s1. The van der Waals surface area contributed by atoms with Crippen LogP contribution in [0.25, 0.3) is 6.08 Å². The number of anilines is 1. The molecule has 0 spiro atoms. The number of amides is 1. The molecule has 33 heavy (non-hydrogen) atoms. The first-order chi connectivity index (χ1) is 15.9. The molecule has 0 radical (unpaired) electrons. The fourth-order valence-electron chi connectivity index (χ4n) is 3.86. The molecule has 2 atom stereocenters. The molecular weight excluding hydrogens is 460 g/mol. The van der Waals surface area contributed by atoms with E-state index in [2.05, 4.69) is 11.1 Å². The van der Waals surface area contributed by atoms with Crippen LogP contribution in [0.4, 0.5) is 5.88 Å². The lowest BCUT2D eigenvalue weighted by atomic mass is 10.1. The van der Waals surface area contributed by atoms with Crippen molar-refractivity contribution in [2.45, 2.75) is 32.5 Å². The summed E-state index contributed by atoms with van der Waals surface area (Å²) >= 11 is 6.64. The molecule has 10 heteroatoms. The molecule has 2 fully saturated rings. The van der Waals surface area contributed by atoms with Crippen LogP contribution in [0.3, 0.4) is 0 Å². The van der Waals surface area contributed by atoms with Gasteiger partial charge in [0.15, 0.2) is 0 Å². The van der Waals surface area contributed by atoms with Gasteiger partial charge in [0.2, 0.25) is 17.5 Å². The van der Waals surface area contributed by atoms with Gasteiger partial charge < -0.3 is 18.8 Å². The number of methoxy groups -OCH3 is 1. The van der Waals surface area contributed by atoms with Gasteiger partial charge in [-0.2, -0.15) is 10.2 Å². The van der Waals surface area contributed by atoms with Gasteiger partial charge in [0.1, 0.15) is 16.1 Å². The van der Waals surface area contributed by atoms with Crippen LogP contribution in [0.15, 0.2) is 33.6 Å². The van der Waals surface area contributed by atoms with E-state index in [1.165, 1.54) is 11.8 Å². The summed E-state index contributed by atoms with van der Waals surface area (Å²) in [5.74, 6) is 1.21. The normalized spacial score (nSPS) is 22.2. The minimum absolute atomic E-state index is 0.01000. The van der Waals surface area contributed by atoms with Crippen LogP contribution in [0.1, 0.15) is 31.0 Å². The molecule has 0 aliphatic carbocycles. The first-order valence-corrected chi connectivity index (χ1v) is 11.8. The molecule has 2 aliphatic heterocycles. The van der Waals surface area contributed by atoms with Crippen molar-refractivity contribution in [3.63, 3.8) is 0 Å². The van der Waals surface area contributed by atoms with Crippen LogP contribution in [0.5, 0.6) is 5.75 Å². The highest BCUT2D eigenvalue weighted by Crippen LogP contribution is 2.34. The summed E-state index contributed by atoms with van der Waals surface area (Å²) in [6.07, 6.45) is 2.25. The van der Waals surface area contributed by atoms with Gasteiger partial charge in [-0.1, -0.05) is 36.1 Å².